The number of esters is 1. The van der Waals surface area contributed by atoms with Crippen molar-refractivity contribution in [1.29, 1.82) is 0 Å². The molecule has 0 bridgehead atoms. The number of hydrogen-bond acceptors (Lipinski definition) is 6. The molecule has 28 heavy (non-hydrogen) atoms. The Morgan fingerprint density at radius 1 is 1.11 bits per heavy atom. The number of amides is 2. The smallest absolute Gasteiger partial charge is 0.326 e. The van der Waals surface area contributed by atoms with Gasteiger partial charge in [-0.25, -0.2) is 0 Å². The zero-order chi connectivity index (χ0) is 19.9. The van der Waals surface area contributed by atoms with Gasteiger partial charge in [-0.3, -0.25) is 14.4 Å². The van der Waals surface area contributed by atoms with Crippen molar-refractivity contribution in [3.05, 3.63) is 18.2 Å². The Morgan fingerprint density at radius 3 is 2.57 bits per heavy atom. The van der Waals surface area contributed by atoms with Crippen molar-refractivity contribution in [2.24, 2.45) is 5.92 Å². The van der Waals surface area contributed by atoms with Gasteiger partial charge < -0.3 is 24.8 Å². The van der Waals surface area contributed by atoms with E-state index in [9.17, 15) is 14.4 Å². The number of carbonyl (C=O) groups is 3. The summed E-state index contributed by atoms with van der Waals surface area (Å²) in [6.45, 7) is 2.18. The molecule has 0 unspecified atom stereocenters. The van der Waals surface area contributed by atoms with Gasteiger partial charge in [-0.1, -0.05) is 19.3 Å². The summed E-state index contributed by atoms with van der Waals surface area (Å²) in [7, 11) is 0. The lowest BCUT2D eigenvalue weighted by atomic mass is 9.89. The molecule has 1 aromatic carbocycles. The van der Waals surface area contributed by atoms with Crippen LogP contribution in [0.25, 0.3) is 0 Å². The maximum absolute atomic E-state index is 12.3. The molecule has 1 aliphatic carbocycles. The van der Waals surface area contributed by atoms with Crippen molar-refractivity contribution in [3.63, 3.8) is 0 Å². The molecule has 1 saturated carbocycles. The highest BCUT2D eigenvalue weighted by atomic mass is 16.6. The molecule has 8 heteroatoms. The average molecular weight is 390 g/mol. The van der Waals surface area contributed by atoms with Gasteiger partial charge in [0, 0.05) is 17.7 Å². The summed E-state index contributed by atoms with van der Waals surface area (Å²) in [5.74, 6) is -0.0864. The van der Waals surface area contributed by atoms with E-state index in [1.165, 1.54) is 6.92 Å². The molecule has 2 aliphatic rings. The standard InChI is InChI=1S/C20H26N2O6/c1-13(28-18(23)12-21-20(25)14-5-3-2-4-6-14)19(24)22-15-7-8-16-17(11-15)27-10-9-26-16/h7-8,11,13-14H,2-6,9-10,12H2,1H3,(H,21,25)(H,22,24)/t13-/m1/s1. The van der Waals surface area contributed by atoms with Crippen LogP contribution in [0.1, 0.15) is 39.0 Å². The Balaban J connectivity index is 1.43. The lowest BCUT2D eigenvalue weighted by molar-refractivity contribution is -0.153. The summed E-state index contributed by atoms with van der Waals surface area (Å²) in [5.41, 5.74) is 0.516. The number of carbonyl (C=O) groups excluding carboxylic acids is 3. The fourth-order valence-electron chi connectivity index (χ4n) is 3.33. The second-order valence-corrected chi connectivity index (χ2v) is 7.03. The number of nitrogens with one attached hydrogen (secondary N) is 2. The molecule has 0 spiro atoms. The van der Waals surface area contributed by atoms with Crippen LogP contribution < -0.4 is 20.1 Å². The maximum Gasteiger partial charge on any atom is 0.326 e. The molecule has 2 amide bonds. The van der Waals surface area contributed by atoms with Crippen molar-refractivity contribution in [1.82, 2.24) is 5.32 Å². The quantitative estimate of drug-likeness (QED) is 0.721. The first kappa shape index (κ1) is 20.0. The molecular formula is C20H26N2O6. The molecule has 152 valence electrons. The molecule has 2 N–H and O–H groups in total. The van der Waals surface area contributed by atoms with E-state index in [1.54, 1.807) is 18.2 Å². The zero-order valence-electron chi connectivity index (χ0n) is 16.0. The predicted molar refractivity (Wildman–Crippen MR) is 101 cm³/mol. The minimum atomic E-state index is -0.993. The Morgan fingerprint density at radius 2 is 1.82 bits per heavy atom. The van der Waals surface area contributed by atoms with Gasteiger partial charge in [0.05, 0.1) is 0 Å². The number of ether oxygens (including phenoxy) is 3. The summed E-state index contributed by atoms with van der Waals surface area (Å²) >= 11 is 0. The van der Waals surface area contributed by atoms with Crippen LogP contribution in [0.15, 0.2) is 18.2 Å². The Bertz CT molecular complexity index is 729. The summed E-state index contributed by atoms with van der Waals surface area (Å²) in [4.78, 5) is 36.2. The van der Waals surface area contributed by atoms with E-state index in [-0.39, 0.29) is 18.4 Å². The minimum Gasteiger partial charge on any atom is -0.486 e. The summed E-state index contributed by atoms with van der Waals surface area (Å²) in [5, 5.41) is 5.28. The second kappa shape index (κ2) is 9.43. The van der Waals surface area contributed by atoms with Gasteiger partial charge in [0.2, 0.25) is 5.91 Å². The Labute approximate surface area is 163 Å². The monoisotopic (exact) mass is 390 g/mol. The first-order chi connectivity index (χ1) is 13.5. The van der Waals surface area contributed by atoms with Gasteiger partial charge in [-0.05, 0) is 31.9 Å². The van der Waals surface area contributed by atoms with Gasteiger partial charge in [-0.15, -0.1) is 0 Å². The third-order valence-corrected chi connectivity index (χ3v) is 4.87. The largest absolute Gasteiger partial charge is 0.486 e. The van der Waals surface area contributed by atoms with E-state index in [1.807, 2.05) is 0 Å². The van der Waals surface area contributed by atoms with Gasteiger partial charge in [0.15, 0.2) is 17.6 Å². The number of anilines is 1. The molecule has 1 fully saturated rings. The van der Waals surface area contributed by atoms with Crippen LogP contribution in [0, 0.1) is 5.92 Å². The Kier molecular flexibility index (Phi) is 6.73. The van der Waals surface area contributed by atoms with E-state index in [2.05, 4.69) is 10.6 Å². The minimum absolute atomic E-state index is 0.0301. The van der Waals surface area contributed by atoms with Crippen LogP contribution in [-0.2, 0) is 19.1 Å². The molecule has 1 heterocycles. The van der Waals surface area contributed by atoms with Gasteiger partial charge in [0.25, 0.3) is 5.91 Å². The van der Waals surface area contributed by atoms with Crippen molar-refractivity contribution in [2.45, 2.75) is 45.1 Å². The maximum atomic E-state index is 12.3. The normalized spacial score (nSPS) is 17.3. The summed E-state index contributed by atoms with van der Waals surface area (Å²) in [6, 6.07) is 5.05. The van der Waals surface area contributed by atoms with Crippen LogP contribution in [0.3, 0.4) is 0 Å². The van der Waals surface area contributed by atoms with E-state index >= 15 is 0 Å². The van der Waals surface area contributed by atoms with Crippen molar-refractivity contribution in [2.75, 3.05) is 25.1 Å². The molecule has 1 atom stereocenters. The molecule has 0 aromatic heterocycles. The zero-order valence-corrected chi connectivity index (χ0v) is 16.0. The van der Waals surface area contributed by atoms with E-state index in [4.69, 9.17) is 14.2 Å². The number of benzene rings is 1. The fourth-order valence-corrected chi connectivity index (χ4v) is 3.33. The number of rotatable bonds is 6. The third-order valence-electron chi connectivity index (χ3n) is 4.87. The molecule has 1 aliphatic heterocycles. The van der Waals surface area contributed by atoms with E-state index in [0.717, 1.165) is 32.1 Å². The van der Waals surface area contributed by atoms with E-state index in [0.29, 0.717) is 30.4 Å². The van der Waals surface area contributed by atoms with Crippen molar-refractivity contribution >= 4 is 23.5 Å². The van der Waals surface area contributed by atoms with Crippen molar-refractivity contribution in [3.8, 4) is 11.5 Å². The fraction of sp³-hybridized carbons (Fsp3) is 0.550. The van der Waals surface area contributed by atoms with Crippen LogP contribution in [0.2, 0.25) is 0 Å². The Hall–Kier alpha value is -2.77. The molecule has 0 saturated heterocycles. The van der Waals surface area contributed by atoms with Crippen LogP contribution in [0.5, 0.6) is 11.5 Å². The third kappa shape index (κ3) is 5.37. The molecule has 0 radical (unpaired) electrons. The first-order valence-electron chi connectivity index (χ1n) is 9.70. The highest BCUT2D eigenvalue weighted by Gasteiger charge is 2.23. The predicted octanol–water partition coefficient (Wildman–Crippen LogP) is 2.02. The molecule has 8 nitrogen and oxygen atoms in total. The molecular weight excluding hydrogens is 364 g/mol. The van der Waals surface area contributed by atoms with Gasteiger partial charge in [0.1, 0.15) is 19.8 Å². The van der Waals surface area contributed by atoms with Crippen LogP contribution >= 0.6 is 0 Å². The molecule has 3 rings (SSSR count). The highest BCUT2D eigenvalue weighted by Crippen LogP contribution is 2.32. The van der Waals surface area contributed by atoms with Gasteiger partial charge >= 0.3 is 5.97 Å². The van der Waals surface area contributed by atoms with E-state index < -0.39 is 18.0 Å². The SMILES string of the molecule is C[C@@H](OC(=O)CNC(=O)C1CCCCC1)C(=O)Nc1ccc2c(c1)OCCO2. The second-order valence-electron chi connectivity index (χ2n) is 7.03. The van der Waals surface area contributed by atoms with Gasteiger partial charge in [-0.2, -0.15) is 0 Å². The lowest BCUT2D eigenvalue weighted by Gasteiger charge is -2.21. The van der Waals surface area contributed by atoms with Crippen molar-refractivity contribution < 1.29 is 28.6 Å². The van der Waals surface area contributed by atoms with Crippen LogP contribution in [0.4, 0.5) is 5.69 Å². The lowest BCUT2D eigenvalue weighted by Crippen LogP contribution is -2.38. The number of hydrogen-bond donors (Lipinski definition) is 2. The highest BCUT2D eigenvalue weighted by molar-refractivity contribution is 5.95. The van der Waals surface area contributed by atoms with Crippen LogP contribution in [-0.4, -0.2) is 43.6 Å². The summed E-state index contributed by atoms with van der Waals surface area (Å²) < 4.78 is 16.0. The molecule has 1 aromatic rings. The topological polar surface area (TPSA) is 103 Å². The first-order valence-corrected chi connectivity index (χ1v) is 9.70. The number of fused-ring (bicyclic) bond motifs is 1. The summed E-state index contributed by atoms with van der Waals surface area (Å²) in [6.07, 6.45) is 3.96. The average Bonchev–Trinajstić information content (AvgIpc) is 2.72.